The van der Waals surface area contributed by atoms with Gasteiger partial charge in [-0.05, 0) is 61.2 Å². The standard InChI is InChI=1S/C17H21FN2/c1-4-7-20-17(14-8-12(2)10-19-11-14)16-9-15(18)6-5-13(16)3/h5-6,8-11,17,20H,4,7H2,1-3H3. The highest BCUT2D eigenvalue weighted by Gasteiger charge is 2.16. The molecule has 0 fully saturated rings. The van der Waals surface area contributed by atoms with Crippen molar-refractivity contribution in [2.75, 3.05) is 6.54 Å². The maximum atomic E-state index is 13.6. The van der Waals surface area contributed by atoms with Crippen LogP contribution < -0.4 is 5.32 Å². The summed E-state index contributed by atoms with van der Waals surface area (Å²) in [5, 5.41) is 3.49. The van der Waals surface area contributed by atoms with Crippen molar-refractivity contribution in [3.05, 3.63) is 64.7 Å². The quantitative estimate of drug-likeness (QED) is 0.892. The fourth-order valence-electron chi connectivity index (χ4n) is 2.35. The van der Waals surface area contributed by atoms with E-state index in [9.17, 15) is 4.39 Å². The molecular formula is C17H21FN2. The van der Waals surface area contributed by atoms with E-state index in [2.05, 4.69) is 23.3 Å². The van der Waals surface area contributed by atoms with Gasteiger partial charge in [0.2, 0.25) is 0 Å². The number of rotatable bonds is 5. The first kappa shape index (κ1) is 14.7. The van der Waals surface area contributed by atoms with E-state index in [4.69, 9.17) is 0 Å². The Morgan fingerprint density at radius 2 is 2.00 bits per heavy atom. The zero-order chi connectivity index (χ0) is 14.5. The van der Waals surface area contributed by atoms with Crippen LogP contribution in [-0.4, -0.2) is 11.5 Å². The molecule has 2 aromatic rings. The molecule has 1 heterocycles. The van der Waals surface area contributed by atoms with Gasteiger partial charge in [-0.3, -0.25) is 4.98 Å². The van der Waals surface area contributed by atoms with Crippen molar-refractivity contribution in [1.82, 2.24) is 10.3 Å². The van der Waals surface area contributed by atoms with Gasteiger partial charge in [0.25, 0.3) is 0 Å². The Morgan fingerprint density at radius 3 is 2.70 bits per heavy atom. The molecule has 1 aromatic heterocycles. The monoisotopic (exact) mass is 272 g/mol. The third-order valence-corrected chi connectivity index (χ3v) is 3.38. The largest absolute Gasteiger partial charge is 0.306 e. The Morgan fingerprint density at radius 1 is 1.20 bits per heavy atom. The van der Waals surface area contributed by atoms with E-state index in [0.29, 0.717) is 0 Å². The second kappa shape index (κ2) is 6.62. The molecule has 0 saturated heterocycles. The first-order valence-corrected chi connectivity index (χ1v) is 7.02. The molecule has 1 unspecified atom stereocenters. The zero-order valence-corrected chi connectivity index (χ0v) is 12.3. The third kappa shape index (κ3) is 3.42. The van der Waals surface area contributed by atoms with Gasteiger partial charge >= 0.3 is 0 Å². The summed E-state index contributed by atoms with van der Waals surface area (Å²) in [5.41, 5.74) is 4.25. The minimum Gasteiger partial charge on any atom is -0.306 e. The van der Waals surface area contributed by atoms with E-state index in [1.807, 2.05) is 32.3 Å². The molecule has 2 rings (SSSR count). The van der Waals surface area contributed by atoms with E-state index in [-0.39, 0.29) is 11.9 Å². The molecule has 2 nitrogen and oxygen atoms in total. The highest BCUT2D eigenvalue weighted by molar-refractivity contribution is 5.37. The van der Waals surface area contributed by atoms with Crippen LogP contribution in [0.25, 0.3) is 0 Å². The summed E-state index contributed by atoms with van der Waals surface area (Å²) in [6.07, 6.45) is 4.72. The van der Waals surface area contributed by atoms with Gasteiger partial charge < -0.3 is 5.32 Å². The normalized spacial score (nSPS) is 12.4. The molecule has 0 bridgehead atoms. The zero-order valence-electron chi connectivity index (χ0n) is 12.3. The van der Waals surface area contributed by atoms with Crippen molar-refractivity contribution in [2.24, 2.45) is 0 Å². The van der Waals surface area contributed by atoms with Crippen molar-refractivity contribution < 1.29 is 4.39 Å². The topological polar surface area (TPSA) is 24.9 Å². The maximum Gasteiger partial charge on any atom is 0.123 e. The van der Waals surface area contributed by atoms with E-state index < -0.39 is 0 Å². The van der Waals surface area contributed by atoms with E-state index in [1.165, 1.54) is 6.07 Å². The van der Waals surface area contributed by atoms with E-state index in [1.54, 1.807) is 6.07 Å². The Balaban J connectivity index is 2.44. The highest BCUT2D eigenvalue weighted by Crippen LogP contribution is 2.25. The van der Waals surface area contributed by atoms with Crippen LogP contribution in [0.1, 0.15) is 41.6 Å². The molecule has 1 atom stereocenters. The number of benzene rings is 1. The Hall–Kier alpha value is -1.74. The summed E-state index contributed by atoms with van der Waals surface area (Å²) in [5.74, 6) is -0.200. The molecule has 106 valence electrons. The molecule has 1 aromatic carbocycles. The van der Waals surface area contributed by atoms with Gasteiger partial charge in [0, 0.05) is 12.4 Å². The van der Waals surface area contributed by atoms with Gasteiger partial charge in [0.05, 0.1) is 6.04 Å². The van der Waals surface area contributed by atoms with E-state index in [0.717, 1.165) is 35.2 Å². The SMILES string of the molecule is CCCNC(c1cncc(C)c1)c1cc(F)ccc1C. The van der Waals surface area contributed by atoms with Crippen LogP contribution in [-0.2, 0) is 0 Å². The van der Waals surface area contributed by atoms with Crippen molar-refractivity contribution in [1.29, 1.82) is 0 Å². The molecule has 0 amide bonds. The Kier molecular flexibility index (Phi) is 4.85. The van der Waals surface area contributed by atoms with Crippen molar-refractivity contribution in [3.8, 4) is 0 Å². The highest BCUT2D eigenvalue weighted by atomic mass is 19.1. The molecule has 1 N–H and O–H groups in total. The van der Waals surface area contributed by atoms with Crippen molar-refractivity contribution in [2.45, 2.75) is 33.2 Å². The van der Waals surface area contributed by atoms with Gasteiger partial charge in [0.1, 0.15) is 5.82 Å². The van der Waals surface area contributed by atoms with Crippen LogP contribution >= 0.6 is 0 Å². The molecule has 20 heavy (non-hydrogen) atoms. The summed E-state index contributed by atoms with van der Waals surface area (Å²) in [6, 6.07) is 7.03. The lowest BCUT2D eigenvalue weighted by Crippen LogP contribution is -2.24. The van der Waals surface area contributed by atoms with Crippen LogP contribution in [0.15, 0.2) is 36.7 Å². The maximum absolute atomic E-state index is 13.6. The van der Waals surface area contributed by atoms with Crippen LogP contribution in [0.4, 0.5) is 4.39 Å². The van der Waals surface area contributed by atoms with Gasteiger partial charge in [-0.25, -0.2) is 4.39 Å². The molecule has 3 heteroatoms. The van der Waals surface area contributed by atoms with Gasteiger partial charge in [-0.2, -0.15) is 0 Å². The Bertz CT molecular complexity index is 581. The molecule has 0 aliphatic heterocycles. The average molecular weight is 272 g/mol. The molecule has 0 aliphatic rings. The van der Waals surface area contributed by atoms with Crippen LogP contribution in [0.2, 0.25) is 0 Å². The fourth-order valence-corrected chi connectivity index (χ4v) is 2.35. The summed E-state index contributed by atoms with van der Waals surface area (Å²) >= 11 is 0. The van der Waals surface area contributed by atoms with E-state index >= 15 is 0 Å². The molecule has 0 radical (unpaired) electrons. The predicted octanol–water partition coefficient (Wildman–Crippen LogP) is 3.93. The predicted molar refractivity (Wildman–Crippen MR) is 80.2 cm³/mol. The van der Waals surface area contributed by atoms with Gasteiger partial charge in [0.15, 0.2) is 0 Å². The summed E-state index contributed by atoms with van der Waals surface area (Å²) in [7, 11) is 0. The summed E-state index contributed by atoms with van der Waals surface area (Å²) in [6.45, 7) is 7.04. The lowest BCUT2D eigenvalue weighted by atomic mass is 9.95. The van der Waals surface area contributed by atoms with Crippen LogP contribution in [0, 0.1) is 19.7 Å². The first-order chi connectivity index (χ1) is 9.61. The lowest BCUT2D eigenvalue weighted by Gasteiger charge is -2.21. The third-order valence-electron chi connectivity index (χ3n) is 3.38. The molecule has 0 saturated carbocycles. The number of aryl methyl sites for hydroxylation is 2. The smallest absolute Gasteiger partial charge is 0.123 e. The number of nitrogens with zero attached hydrogens (tertiary/aromatic N) is 1. The number of aromatic nitrogens is 1. The van der Waals surface area contributed by atoms with Gasteiger partial charge in [-0.15, -0.1) is 0 Å². The second-order valence-electron chi connectivity index (χ2n) is 5.18. The fraction of sp³-hybridized carbons (Fsp3) is 0.353. The van der Waals surface area contributed by atoms with Crippen LogP contribution in [0.3, 0.4) is 0 Å². The van der Waals surface area contributed by atoms with Crippen molar-refractivity contribution >= 4 is 0 Å². The van der Waals surface area contributed by atoms with Crippen LogP contribution in [0.5, 0.6) is 0 Å². The minimum absolute atomic E-state index is 0.0157. The molecule has 0 spiro atoms. The minimum atomic E-state index is -0.200. The first-order valence-electron chi connectivity index (χ1n) is 7.02. The second-order valence-corrected chi connectivity index (χ2v) is 5.18. The number of pyridine rings is 1. The molecule has 0 aliphatic carbocycles. The lowest BCUT2D eigenvalue weighted by molar-refractivity contribution is 0.581. The number of hydrogen-bond acceptors (Lipinski definition) is 2. The van der Waals surface area contributed by atoms with Crippen molar-refractivity contribution in [3.63, 3.8) is 0 Å². The summed E-state index contributed by atoms with van der Waals surface area (Å²) < 4.78 is 13.6. The number of nitrogens with one attached hydrogen (secondary N) is 1. The summed E-state index contributed by atoms with van der Waals surface area (Å²) in [4.78, 5) is 4.26. The molecular weight excluding hydrogens is 251 g/mol. The average Bonchev–Trinajstić information content (AvgIpc) is 2.43. The van der Waals surface area contributed by atoms with Gasteiger partial charge in [-0.1, -0.05) is 19.1 Å². The number of hydrogen-bond donors (Lipinski definition) is 1. The Labute approximate surface area is 120 Å². The number of halogens is 1.